The Bertz CT molecular complexity index is 812. The average molecular weight is 376 g/mol. The molecule has 4 nitrogen and oxygen atoms in total. The van der Waals surface area contributed by atoms with Gasteiger partial charge in [0, 0.05) is 44.2 Å². The van der Waals surface area contributed by atoms with Gasteiger partial charge in [0.2, 0.25) is 0 Å². The summed E-state index contributed by atoms with van der Waals surface area (Å²) in [6.45, 7) is 3.78. The highest BCUT2D eigenvalue weighted by Gasteiger charge is 2.40. The topological polar surface area (TPSA) is 35.6 Å². The summed E-state index contributed by atoms with van der Waals surface area (Å²) in [5.74, 6) is 0.491. The van der Waals surface area contributed by atoms with Crippen LogP contribution in [0.4, 0.5) is 4.79 Å². The lowest BCUT2D eigenvalue weighted by Gasteiger charge is -2.27. The summed E-state index contributed by atoms with van der Waals surface area (Å²) in [7, 11) is 0. The smallest absolute Gasteiger partial charge is 0.317 e. The Balaban J connectivity index is 1.13. The van der Waals surface area contributed by atoms with Crippen LogP contribution in [-0.4, -0.2) is 54.1 Å². The van der Waals surface area contributed by atoms with Crippen LogP contribution >= 0.6 is 0 Å². The molecule has 2 fully saturated rings. The predicted octanol–water partition coefficient (Wildman–Crippen LogP) is 3.43. The van der Waals surface area contributed by atoms with E-state index < -0.39 is 0 Å². The summed E-state index contributed by atoms with van der Waals surface area (Å²) in [6.07, 6.45) is 4.44. The zero-order chi connectivity index (χ0) is 18.9. The van der Waals surface area contributed by atoms with Crippen molar-refractivity contribution in [3.8, 4) is 0 Å². The van der Waals surface area contributed by atoms with E-state index in [2.05, 4.69) is 58.7 Å². The number of urea groups is 1. The van der Waals surface area contributed by atoms with Gasteiger partial charge in [0.1, 0.15) is 0 Å². The molecule has 0 unspecified atom stereocenters. The van der Waals surface area contributed by atoms with Crippen LogP contribution in [0.1, 0.15) is 35.4 Å². The lowest BCUT2D eigenvalue weighted by molar-refractivity contribution is 0.188. The number of hydrogen-bond acceptors (Lipinski definition) is 2. The molecule has 2 amide bonds. The van der Waals surface area contributed by atoms with Crippen molar-refractivity contribution in [1.29, 1.82) is 0 Å². The van der Waals surface area contributed by atoms with E-state index in [1.165, 1.54) is 16.7 Å². The first kappa shape index (κ1) is 17.7. The molecule has 5 rings (SSSR count). The molecule has 3 aliphatic rings. The van der Waals surface area contributed by atoms with Crippen molar-refractivity contribution >= 4 is 6.03 Å². The lowest BCUT2D eigenvalue weighted by atomic mass is 10.1. The number of rotatable bonds is 3. The van der Waals surface area contributed by atoms with Gasteiger partial charge in [0.25, 0.3) is 0 Å². The summed E-state index contributed by atoms with van der Waals surface area (Å²) in [5.41, 5.74) is 4.36. The minimum Gasteiger partial charge on any atom is -0.335 e. The van der Waals surface area contributed by atoms with Crippen molar-refractivity contribution in [2.45, 2.75) is 43.7 Å². The van der Waals surface area contributed by atoms with Crippen LogP contribution in [-0.2, 0) is 12.8 Å². The van der Waals surface area contributed by atoms with E-state index >= 15 is 0 Å². The van der Waals surface area contributed by atoms with E-state index in [0.29, 0.717) is 18.0 Å². The van der Waals surface area contributed by atoms with Gasteiger partial charge in [-0.1, -0.05) is 54.6 Å². The van der Waals surface area contributed by atoms with E-state index in [0.717, 1.165) is 51.9 Å². The molecule has 0 radical (unpaired) electrons. The lowest BCUT2D eigenvalue weighted by Crippen LogP contribution is -2.44. The number of amides is 2. The number of hydrogen-bond donors (Lipinski definition) is 1. The van der Waals surface area contributed by atoms with Crippen LogP contribution in [0.5, 0.6) is 0 Å². The third kappa shape index (κ3) is 3.66. The Morgan fingerprint density at radius 1 is 0.857 bits per heavy atom. The van der Waals surface area contributed by atoms with E-state index in [4.69, 9.17) is 0 Å². The summed E-state index contributed by atoms with van der Waals surface area (Å²) in [6, 6.07) is 20.4. The Labute approximate surface area is 167 Å². The van der Waals surface area contributed by atoms with Gasteiger partial charge in [0.15, 0.2) is 0 Å². The van der Waals surface area contributed by atoms with E-state index in [1.54, 1.807) is 0 Å². The molecule has 146 valence electrons. The van der Waals surface area contributed by atoms with Crippen molar-refractivity contribution in [3.05, 3.63) is 71.3 Å². The van der Waals surface area contributed by atoms with Crippen molar-refractivity contribution < 1.29 is 4.79 Å². The molecule has 2 atom stereocenters. The summed E-state index contributed by atoms with van der Waals surface area (Å²) >= 11 is 0. The van der Waals surface area contributed by atoms with Gasteiger partial charge < -0.3 is 10.2 Å². The van der Waals surface area contributed by atoms with Crippen LogP contribution in [0.25, 0.3) is 0 Å². The Hall–Kier alpha value is -2.33. The van der Waals surface area contributed by atoms with Gasteiger partial charge in [-0.3, -0.25) is 4.90 Å². The fraction of sp³-hybridized carbons (Fsp3) is 0.458. The van der Waals surface area contributed by atoms with Crippen LogP contribution in [0.2, 0.25) is 0 Å². The first-order valence-corrected chi connectivity index (χ1v) is 10.7. The SMILES string of the molecule is O=C(N[C@@H]1C[C@H]1c1ccccc1)N1CCCN(C2Cc3ccccc3C2)CC1. The van der Waals surface area contributed by atoms with Gasteiger partial charge in [-0.05, 0) is 42.4 Å². The fourth-order valence-electron chi connectivity index (χ4n) is 4.97. The Morgan fingerprint density at radius 3 is 2.32 bits per heavy atom. The molecule has 0 aromatic heterocycles. The predicted molar refractivity (Wildman–Crippen MR) is 112 cm³/mol. The zero-order valence-electron chi connectivity index (χ0n) is 16.4. The molecule has 2 aliphatic carbocycles. The molecule has 4 heteroatoms. The van der Waals surface area contributed by atoms with Crippen LogP contribution in [0.3, 0.4) is 0 Å². The van der Waals surface area contributed by atoms with Gasteiger partial charge in [-0.2, -0.15) is 0 Å². The normalized spacial score (nSPS) is 25.2. The largest absolute Gasteiger partial charge is 0.335 e. The highest BCUT2D eigenvalue weighted by molar-refractivity contribution is 5.75. The highest BCUT2D eigenvalue weighted by Crippen LogP contribution is 2.40. The molecule has 1 saturated heterocycles. The van der Waals surface area contributed by atoms with Crippen molar-refractivity contribution in [1.82, 2.24) is 15.1 Å². The van der Waals surface area contributed by atoms with Gasteiger partial charge >= 0.3 is 6.03 Å². The maximum Gasteiger partial charge on any atom is 0.317 e. The number of benzene rings is 2. The number of fused-ring (bicyclic) bond motifs is 1. The molecular formula is C24H29N3O. The fourth-order valence-corrected chi connectivity index (χ4v) is 4.97. The standard InChI is InChI=1S/C24H29N3O/c28-24(25-23-17-22(23)18-7-2-1-3-8-18)27-12-6-11-26(13-14-27)21-15-19-9-4-5-10-20(19)16-21/h1-5,7-10,21-23H,6,11-17H2,(H,25,28)/t22-,23+/m0/s1. The molecule has 0 bridgehead atoms. The van der Waals surface area contributed by atoms with Crippen molar-refractivity contribution in [2.24, 2.45) is 0 Å². The number of carbonyl (C=O) groups excluding carboxylic acids is 1. The molecule has 28 heavy (non-hydrogen) atoms. The minimum atomic E-state index is 0.125. The third-order valence-corrected chi connectivity index (χ3v) is 6.69. The molecule has 1 aliphatic heterocycles. The van der Waals surface area contributed by atoms with Crippen LogP contribution in [0.15, 0.2) is 54.6 Å². The number of nitrogens with one attached hydrogen (secondary N) is 1. The molecular weight excluding hydrogens is 346 g/mol. The molecule has 1 N–H and O–H groups in total. The summed E-state index contributed by atoms with van der Waals surface area (Å²) in [4.78, 5) is 17.4. The van der Waals surface area contributed by atoms with E-state index in [1.807, 2.05) is 11.0 Å². The second-order valence-corrected chi connectivity index (χ2v) is 8.52. The second kappa shape index (κ2) is 7.59. The van der Waals surface area contributed by atoms with Crippen LogP contribution < -0.4 is 5.32 Å². The Kier molecular flexibility index (Phi) is 4.81. The first-order valence-electron chi connectivity index (χ1n) is 10.7. The monoisotopic (exact) mass is 375 g/mol. The minimum absolute atomic E-state index is 0.125. The van der Waals surface area contributed by atoms with Crippen LogP contribution in [0, 0.1) is 0 Å². The third-order valence-electron chi connectivity index (χ3n) is 6.69. The molecule has 1 heterocycles. The number of nitrogens with zero attached hydrogens (tertiary/aromatic N) is 2. The number of carbonyl (C=O) groups is 1. The van der Waals surface area contributed by atoms with Gasteiger partial charge in [0.05, 0.1) is 0 Å². The average Bonchev–Trinajstić information content (AvgIpc) is 3.43. The molecule has 2 aromatic carbocycles. The van der Waals surface area contributed by atoms with E-state index in [9.17, 15) is 4.79 Å². The van der Waals surface area contributed by atoms with Gasteiger partial charge in [-0.25, -0.2) is 4.79 Å². The van der Waals surface area contributed by atoms with Crippen molar-refractivity contribution in [2.75, 3.05) is 26.2 Å². The van der Waals surface area contributed by atoms with Crippen molar-refractivity contribution in [3.63, 3.8) is 0 Å². The highest BCUT2D eigenvalue weighted by atomic mass is 16.2. The maximum atomic E-state index is 12.8. The molecule has 2 aromatic rings. The Morgan fingerprint density at radius 2 is 1.57 bits per heavy atom. The summed E-state index contributed by atoms with van der Waals surface area (Å²) in [5, 5.41) is 3.27. The zero-order valence-corrected chi connectivity index (χ0v) is 16.4. The van der Waals surface area contributed by atoms with Gasteiger partial charge in [-0.15, -0.1) is 0 Å². The van der Waals surface area contributed by atoms with E-state index in [-0.39, 0.29) is 6.03 Å². The summed E-state index contributed by atoms with van der Waals surface area (Å²) < 4.78 is 0. The second-order valence-electron chi connectivity index (χ2n) is 8.52. The maximum absolute atomic E-state index is 12.8. The molecule has 0 spiro atoms. The first-order chi connectivity index (χ1) is 13.8. The molecule has 1 saturated carbocycles. The quantitative estimate of drug-likeness (QED) is 0.892.